The predicted octanol–water partition coefficient (Wildman–Crippen LogP) is 1.54. The molecule has 11 heteroatoms. The molecule has 0 saturated heterocycles. The minimum absolute atomic E-state index is 0.109. The number of carbonyl (C=O) groups excluding carboxylic acids is 2. The number of thioether (sulfide) groups is 1. The maximum absolute atomic E-state index is 11.9. The van der Waals surface area contributed by atoms with Gasteiger partial charge in [-0.3, -0.25) is 9.59 Å². The Bertz CT molecular complexity index is 839. The number of aromatic amines is 4. The summed E-state index contributed by atoms with van der Waals surface area (Å²) in [7, 11) is 0. The zero-order valence-electron chi connectivity index (χ0n) is 11.5. The maximum Gasteiger partial charge on any atom is 0.242 e. The Hall–Kier alpha value is -2.37. The first-order valence-electron chi connectivity index (χ1n) is 6.11. The van der Waals surface area contributed by atoms with Crippen LogP contribution in [0.2, 0.25) is 0 Å². The molecule has 0 aliphatic carbocycles. The number of rotatable bonds is 4. The first-order valence-corrected chi connectivity index (χ1v) is 7.74. The maximum atomic E-state index is 11.9. The second kappa shape index (κ2) is 7.26. The lowest BCUT2D eigenvalue weighted by molar-refractivity contribution is -0.109. The zero-order valence-corrected chi connectivity index (χ0v) is 14.0. The van der Waals surface area contributed by atoms with Crippen molar-refractivity contribution >= 4 is 58.6 Å². The van der Waals surface area contributed by atoms with Crippen LogP contribution in [0.1, 0.15) is 11.4 Å². The van der Waals surface area contributed by atoms with E-state index in [2.05, 4.69) is 19.9 Å². The SMILES string of the molecule is NC(=Cc1c[nH]c(=S)[nH]1)C(=O)SC(=O)C(N)=Cc1c[nH]c(=S)[nH]1. The third-order valence-electron chi connectivity index (χ3n) is 2.51. The van der Waals surface area contributed by atoms with Gasteiger partial charge in [0.25, 0.3) is 0 Å². The molecule has 8 N–H and O–H groups in total. The van der Waals surface area contributed by atoms with Gasteiger partial charge in [-0.2, -0.15) is 0 Å². The normalized spacial score (nSPS) is 12.3. The smallest absolute Gasteiger partial charge is 0.242 e. The molecule has 0 fully saturated rings. The number of carbonyl (C=O) groups is 2. The molecule has 0 bridgehead atoms. The molecular weight excluding hydrogens is 356 g/mol. The van der Waals surface area contributed by atoms with E-state index in [1.165, 1.54) is 12.2 Å². The van der Waals surface area contributed by atoms with Gasteiger partial charge < -0.3 is 31.4 Å². The molecule has 0 amide bonds. The molecule has 2 aromatic heterocycles. The number of aromatic nitrogens is 4. The average Bonchev–Trinajstić information content (AvgIpc) is 3.07. The molecule has 0 spiro atoms. The van der Waals surface area contributed by atoms with Crippen LogP contribution in [0.5, 0.6) is 0 Å². The first kappa shape index (κ1) is 17.0. The number of hydrogen-bond acceptors (Lipinski definition) is 7. The van der Waals surface area contributed by atoms with Crippen LogP contribution in [0.4, 0.5) is 0 Å². The van der Waals surface area contributed by atoms with Crippen LogP contribution in [0.15, 0.2) is 23.8 Å². The first-order chi connectivity index (χ1) is 10.8. The summed E-state index contributed by atoms with van der Waals surface area (Å²) < 4.78 is 0.799. The second-order valence-electron chi connectivity index (χ2n) is 4.27. The Balaban J connectivity index is 2.05. The van der Waals surface area contributed by atoms with Gasteiger partial charge in [0.2, 0.25) is 10.2 Å². The monoisotopic (exact) mass is 368 g/mol. The Morgan fingerprint density at radius 1 is 0.913 bits per heavy atom. The molecule has 0 atom stereocenters. The lowest BCUT2D eigenvalue weighted by Gasteiger charge is -2.00. The molecule has 0 aliphatic rings. The Morgan fingerprint density at radius 2 is 1.30 bits per heavy atom. The minimum Gasteiger partial charge on any atom is -0.395 e. The van der Waals surface area contributed by atoms with Gasteiger partial charge in [0.1, 0.15) is 0 Å². The van der Waals surface area contributed by atoms with Gasteiger partial charge in [0, 0.05) is 24.2 Å². The molecule has 0 aromatic carbocycles. The molecule has 0 unspecified atom stereocenters. The van der Waals surface area contributed by atoms with Gasteiger partial charge in [-0.1, -0.05) is 0 Å². The predicted molar refractivity (Wildman–Crippen MR) is 93.9 cm³/mol. The summed E-state index contributed by atoms with van der Waals surface area (Å²) in [6, 6.07) is 0. The third kappa shape index (κ3) is 4.81. The Labute approximate surface area is 144 Å². The van der Waals surface area contributed by atoms with Crippen molar-refractivity contribution in [3.8, 4) is 0 Å². The van der Waals surface area contributed by atoms with Crippen molar-refractivity contribution in [3.05, 3.63) is 44.7 Å². The van der Waals surface area contributed by atoms with Gasteiger partial charge in [0.15, 0.2) is 9.54 Å². The van der Waals surface area contributed by atoms with Gasteiger partial charge in [0.05, 0.1) is 22.8 Å². The number of H-pyrrole nitrogens is 4. The van der Waals surface area contributed by atoms with Crippen molar-refractivity contribution in [2.45, 2.75) is 0 Å². The molecule has 2 heterocycles. The summed E-state index contributed by atoms with van der Waals surface area (Å²) in [4.78, 5) is 34.8. The van der Waals surface area contributed by atoms with Crippen molar-refractivity contribution in [1.29, 1.82) is 0 Å². The van der Waals surface area contributed by atoms with Crippen LogP contribution < -0.4 is 11.5 Å². The average molecular weight is 368 g/mol. The van der Waals surface area contributed by atoms with Crippen LogP contribution in [-0.2, 0) is 9.59 Å². The van der Waals surface area contributed by atoms with E-state index in [4.69, 9.17) is 35.9 Å². The molecule has 0 radical (unpaired) electrons. The van der Waals surface area contributed by atoms with E-state index in [-0.39, 0.29) is 11.4 Å². The van der Waals surface area contributed by atoms with Crippen molar-refractivity contribution in [2.24, 2.45) is 11.5 Å². The zero-order chi connectivity index (χ0) is 17.0. The second-order valence-corrected chi connectivity index (χ2v) is 6.03. The fraction of sp³-hybridized carbons (Fsp3) is 0. The molecule has 2 aromatic rings. The molecule has 120 valence electrons. The van der Waals surface area contributed by atoms with Gasteiger partial charge >= 0.3 is 0 Å². The standard InChI is InChI=1S/C12H12N6O2S3/c13-7(1-5-3-15-11(21)17-5)9(19)23-10(20)8(14)2-6-4-16-12(22)18-6/h1-4H,13-14H2,(H2,15,17,21)(H2,16,18,22). The van der Waals surface area contributed by atoms with Crippen LogP contribution in [0.25, 0.3) is 12.2 Å². The number of imidazole rings is 2. The van der Waals surface area contributed by atoms with E-state index in [1.54, 1.807) is 12.4 Å². The summed E-state index contributed by atoms with van der Waals surface area (Å²) in [5, 5.41) is -1.23. The highest BCUT2D eigenvalue weighted by Crippen LogP contribution is 2.15. The summed E-state index contributed by atoms with van der Waals surface area (Å²) in [5.41, 5.74) is 12.1. The molecular formula is C12H12N6O2S3. The van der Waals surface area contributed by atoms with Gasteiger partial charge in [-0.05, 0) is 36.6 Å². The summed E-state index contributed by atoms with van der Waals surface area (Å²) in [6.45, 7) is 0. The molecule has 8 nitrogen and oxygen atoms in total. The third-order valence-corrected chi connectivity index (χ3v) is 3.79. The molecule has 23 heavy (non-hydrogen) atoms. The Morgan fingerprint density at radius 3 is 1.61 bits per heavy atom. The Kier molecular flexibility index (Phi) is 5.36. The van der Waals surface area contributed by atoms with E-state index in [0.29, 0.717) is 32.7 Å². The highest BCUT2D eigenvalue weighted by molar-refractivity contribution is 8.26. The number of hydrogen-bond donors (Lipinski definition) is 6. The van der Waals surface area contributed by atoms with E-state index >= 15 is 0 Å². The van der Waals surface area contributed by atoms with Crippen LogP contribution in [0.3, 0.4) is 0 Å². The minimum atomic E-state index is -0.617. The largest absolute Gasteiger partial charge is 0.395 e. The van der Waals surface area contributed by atoms with Gasteiger partial charge in [-0.15, -0.1) is 0 Å². The van der Waals surface area contributed by atoms with Crippen LogP contribution >= 0.6 is 36.2 Å². The lowest BCUT2D eigenvalue weighted by atomic mass is 10.3. The molecule has 0 aliphatic heterocycles. The molecule has 2 rings (SSSR count). The van der Waals surface area contributed by atoms with Crippen molar-refractivity contribution in [2.75, 3.05) is 0 Å². The fourth-order valence-corrected chi connectivity index (χ4v) is 2.38. The molecule has 0 saturated carbocycles. The summed E-state index contributed by atoms with van der Waals surface area (Å²) >= 11 is 10.1. The lowest BCUT2D eigenvalue weighted by Crippen LogP contribution is -2.14. The van der Waals surface area contributed by atoms with Crippen molar-refractivity contribution in [3.63, 3.8) is 0 Å². The van der Waals surface area contributed by atoms with Crippen LogP contribution in [-0.4, -0.2) is 30.2 Å². The summed E-state index contributed by atoms with van der Waals surface area (Å²) in [5.74, 6) is 0. The van der Waals surface area contributed by atoms with E-state index < -0.39 is 10.2 Å². The van der Waals surface area contributed by atoms with Gasteiger partial charge in [-0.25, -0.2) is 0 Å². The quantitative estimate of drug-likeness (QED) is 0.354. The van der Waals surface area contributed by atoms with E-state index in [0.717, 1.165) is 0 Å². The van der Waals surface area contributed by atoms with Crippen molar-refractivity contribution in [1.82, 2.24) is 19.9 Å². The number of nitrogens with two attached hydrogens (primary N) is 2. The highest BCUT2D eigenvalue weighted by Gasteiger charge is 2.16. The van der Waals surface area contributed by atoms with Crippen LogP contribution in [0, 0.1) is 9.54 Å². The van der Waals surface area contributed by atoms with E-state index in [1.807, 2.05) is 0 Å². The summed E-state index contributed by atoms with van der Waals surface area (Å²) in [6.07, 6.45) is 5.85. The topological polar surface area (TPSA) is 149 Å². The van der Waals surface area contributed by atoms with E-state index in [9.17, 15) is 9.59 Å². The number of nitrogens with one attached hydrogen (secondary N) is 4. The highest BCUT2D eigenvalue weighted by atomic mass is 32.2. The van der Waals surface area contributed by atoms with Crippen molar-refractivity contribution < 1.29 is 9.59 Å². The fourth-order valence-electron chi connectivity index (χ4n) is 1.50.